The molecule has 1 saturated heterocycles. The number of likely N-dealkylation sites (N-methyl/N-ethyl adjacent to an activating group) is 1. The van der Waals surface area contributed by atoms with Crippen LogP contribution in [-0.2, 0) is 0 Å². The summed E-state index contributed by atoms with van der Waals surface area (Å²) < 4.78 is 6.04. The average molecular weight is 387 g/mol. The molecule has 1 aliphatic heterocycles. The molecule has 1 fully saturated rings. The zero-order valence-electron chi connectivity index (χ0n) is 14.9. The number of hydrogen-bond acceptors (Lipinski definition) is 7. The van der Waals surface area contributed by atoms with Gasteiger partial charge in [0.05, 0.1) is 11.5 Å². The van der Waals surface area contributed by atoms with Gasteiger partial charge in [-0.2, -0.15) is 0 Å². The number of fused-ring (bicyclic) bond motifs is 1. The second kappa shape index (κ2) is 6.99. The van der Waals surface area contributed by atoms with Crippen molar-refractivity contribution in [3.05, 3.63) is 45.4 Å². The monoisotopic (exact) mass is 387 g/mol. The summed E-state index contributed by atoms with van der Waals surface area (Å²) >= 11 is 1.44. The fraction of sp³-hybridized carbons (Fsp3) is 0.350. The van der Waals surface area contributed by atoms with Crippen LogP contribution in [0.3, 0.4) is 0 Å². The summed E-state index contributed by atoms with van der Waals surface area (Å²) in [5.74, 6) is -0.212. The van der Waals surface area contributed by atoms with Crippen LogP contribution in [0.4, 0.5) is 0 Å². The highest BCUT2D eigenvalue weighted by atomic mass is 32.1. The van der Waals surface area contributed by atoms with Gasteiger partial charge in [0.25, 0.3) is 0 Å². The van der Waals surface area contributed by atoms with Gasteiger partial charge in [-0.25, -0.2) is 0 Å². The smallest absolute Gasteiger partial charge is 0.197 e. The molecule has 2 aromatic heterocycles. The standard InChI is InChI=1S/C20H21NO5S/c1-2-21-6-5-11(12(21)10-22)18-13(23)8-14(24)19-15(25)9-16(26-20(18)19)17-4-3-7-27-17/h3-4,7-9,11-12,22-24H,2,5-6,10H2,1H3/t11-,12+/m1/s1. The second-order valence-corrected chi connectivity index (χ2v) is 7.71. The summed E-state index contributed by atoms with van der Waals surface area (Å²) in [5, 5.41) is 32.7. The van der Waals surface area contributed by atoms with Crippen molar-refractivity contribution in [3.63, 3.8) is 0 Å². The van der Waals surface area contributed by atoms with Gasteiger partial charge in [-0.05, 0) is 31.0 Å². The lowest BCUT2D eigenvalue weighted by atomic mass is 9.89. The lowest BCUT2D eigenvalue weighted by Gasteiger charge is -2.26. The van der Waals surface area contributed by atoms with Crippen LogP contribution in [0.2, 0.25) is 0 Å². The Morgan fingerprint density at radius 1 is 1.30 bits per heavy atom. The molecule has 3 N–H and O–H groups in total. The molecular weight excluding hydrogens is 366 g/mol. The predicted molar refractivity (Wildman–Crippen MR) is 105 cm³/mol. The Hall–Kier alpha value is -2.35. The Morgan fingerprint density at radius 2 is 2.11 bits per heavy atom. The molecular formula is C20H21NO5S. The summed E-state index contributed by atoms with van der Waals surface area (Å²) in [6.07, 6.45) is 0.722. The molecule has 2 atom stereocenters. The molecule has 3 heterocycles. The average Bonchev–Trinajstić information content (AvgIpc) is 3.30. The van der Waals surface area contributed by atoms with Gasteiger partial charge >= 0.3 is 0 Å². The number of rotatable bonds is 4. The fourth-order valence-corrected chi connectivity index (χ4v) is 4.79. The molecule has 7 heteroatoms. The first-order valence-corrected chi connectivity index (χ1v) is 9.84. The van der Waals surface area contributed by atoms with Gasteiger partial charge in [0.15, 0.2) is 5.43 Å². The van der Waals surface area contributed by atoms with E-state index in [0.29, 0.717) is 11.3 Å². The van der Waals surface area contributed by atoms with Crippen molar-refractivity contribution in [2.45, 2.75) is 25.3 Å². The van der Waals surface area contributed by atoms with Gasteiger partial charge in [0, 0.05) is 29.7 Å². The normalized spacial score (nSPS) is 20.5. The van der Waals surface area contributed by atoms with Crippen molar-refractivity contribution in [3.8, 4) is 22.1 Å². The van der Waals surface area contributed by atoms with Crippen molar-refractivity contribution >= 4 is 22.3 Å². The van der Waals surface area contributed by atoms with Crippen molar-refractivity contribution in [1.82, 2.24) is 4.90 Å². The highest BCUT2D eigenvalue weighted by Crippen LogP contribution is 2.44. The van der Waals surface area contributed by atoms with E-state index in [4.69, 9.17) is 4.42 Å². The molecule has 6 nitrogen and oxygen atoms in total. The summed E-state index contributed by atoms with van der Waals surface area (Å²) in [6.45, 7) is 3.52. The van der Waals surface area contributed by atoms with Crippen LogP contribution in [0.5, 0.6) is 11.5 Å². The largest absolute Gasteiger partial charge is 0.507 e. The zero-order chi connectivity index (χ0) is 19.1. The number of nitrogens with zero attached hydrogens (tertiary/aromatic N) is 1. The Labute approximate surface area is 159 Å². The van der Waals surface area contributed by atoms with Gasteiger partial charge in [0.1, 0.15) is 28.2 Å². The molecule has 0 radical (unpaired) electrons. The molecule has 142 valence electrons. The molecule has 4 rings (SSSR count). The maximum atomic E-state index is 12.7. The number of likely N-dealkylation sites (tertiary alicyclic amines) is 1. The molecule has 0 aliphatic carbocycles. The highest BCUT2D eigenvalue weighted by Gasteiger charge is 2.37. The Morgan fingerprint density at radius 3 is 2.78 bits per heavy atom. The maximum absolute atomic E-state index is 12.7. The molecule has 0 spiro atoms. The van der Waals surface area contributed by atoms with Crippen molar-refractivity contribution in [2.24, 2.45) is 0 Å². The second-order valence-electron chi connectivity index (χ2n) is 6.76. The van der Waals surface area contributed by atoms with E-state index in [1.807, 2.05) is 24.4 Å². The minimum Gasteiger partial charge on any atom is -0.507 e. The van der Waals surface area contributed by atoms with E-state index >= 15 is 0 Å². The first-order chi connectivity index (χ1) is 13.0. The third-order valence-electron chi connectivity index (χ3n) is 5.39. The third kappa shape index (κ3) is 2.92. The molecule has 3 aromatic rings. The minimum absolute atomic E-state index is 0.0604. The SMILES string of the molecule is CCN1CC[C@@H](c2c(O)cc(O)c3c(=O)cc(-c4cccs4)oc23)[C@@H]1CO. The van der Waals surface area contributed by atoms with E-state index in [2.05, 4.69) is 4.90 Å². The maximum Gasteiger partial charge on any atom is 0.197 e. The molecule has 0 bridgehead atoms. The number of phenols is 2. The van der Waals surface area contributed by atoms with Gasteiger partial charge in [0.2, 0.25) is 0 Å². The number of aliphatic hydroxyl groups excluding tert-OH is 1. The Kier molecular flexibility index (Phi) is 4.67. The van der Waals surface area contributed by atoms with Gasteiger partial charge < -0.3 is 19.7 Å². The van der Waals surface area contributed by atoms with Crippen molar-refractivity contribution < 1.29 is 19.7 Å². The van der Waals surface area contributed by atoms with Crippen LogP contribution in [0.25, 0.3) is 21.6 Å². The van der Waals surface area contributed by atoms with E-state index in [9.17, 15) is 20.1 Å². The number of thiophene rings is 1. The first kappa shape index (κ1) is 18.0. The summed E-state index contributed by atoms with van der Waals surface area (Å²) in [7, 11) is 0. The Balaban J connectivity index is 1.98. The zero-order valence-corrected chi connectivity index (χ0v) is 15.7. The van der Waals surface area contributed by atoms with Gasteiger partial charge in [-0.3, -0.25) is 9.69 Å². The van der Waals surface area contributed by atoms with Crippen LogP contribution in [0.1, 0.15) is 24.8 Å². The van der Waals surface area contributed by atoms with Crippen LogP contribution >= 0.6 is 11.3 Å². The third-order valence-corrected chi connectivity index (χ3v) is 6.27. The highest BCUT2D eigenvalue weighted by molar-refractivity contribution is 7.13. The molecule has 0 amide bonds. The molecule has 0 saturated carbocycles. The summed E-state index contributed by atoms with van der Waals surface area (Å²) in [5.41, 5.74) is 0.322. The van der Waals surface area contributed by atoms with E-state index in [0.717, 1.165) is 24.4 Å². The van der Waals surface area contributed by atoms with Crippen molar-refractivity contribution in [2.75, 3.05) is 19.7 Å². The van der Waals surface area contributed by atoms with Crippen molar-refractivity contribution in [1.29, 1.82) is 0 Å². The van der Waals surface area contributed by atoms with Gasteiger partial charge in [-0.15, -0.1) is 11.3 Å². The lowest BCUT2D eigenvalue weighted by Crippen LogP contribution is -2.35. The molecule has 0 unspecified atom stereocenters. The minimum atomic E-state index is -0.357. The van der Waals surface area contributed by atoms with Crippen LogP contribution in [0, 0.1) is 0 Å². The van der Waals surface area contributed by atoms with E-state index in [1.165, 1.54) is 23.5 Å². The lowest BCUT2D eigenvalue weighted by molar-refractivity contribution is 0.155. The van der Waals surface area contributed by atoms with Crippen LogP contribution < -0.4 is 5.43 Å². The Bertz CT molecular complexity index is 1030. The molecule has 1 aromatic carbocycles. The number of aliphatic hydroxyl groups is 1. The number of hydrogen-bond donors (Lipinski definition) is 3. The van der Waals surface area contributed by atoms with Crippen LogP contribution in [-0.4, -0.2) is 46.0 Å². The van der Waals surface area contributed by atoms with E-state index in [-0.39, 0.29) is 46.5 Å². The summed E-state index contributed by atoms with van der Waals surface area (Å²) in [4.78, 5) is 15.6. The number of benzene rings is 1. The molecule has 27 heavy (non-hydrogen) atoms. The summed E-state index contributed by atoms with van der Waals surface area (Å²) in [6, 6.07) is 6.10. The topological polar surface area (TPSA) is 94.1 Å². The number of phenolic OH excluding ortho intramolecular Hbond substituents is 2. The van der Waals surface area contributed by atoms with Gasteiger partial charge in [-0.1, -0.05) is 13.0 Å². The molecule has 1 aliphatic rings. The number of aromatic hydroxyl groups is 2. The fourth-order valence-electron chi connectivity index (χ4n) is 4.11. The first-order valence-electron chi connectivity index (χ1n) is 8.96. The van der Waals surface area contributed by atoms with E-state index < -0.39 is 0 Å². The van der Waals surface area contributed by atoms with Crippen LogP contribution in [0.15, 0.2) is 38.9 Å². The van der Waals surface area contributed by atoms with E-state index in [1.54, 1.807) is 0 Å². The quantitative estimate of drug-likeness (QED) is 0.637. The predicted octanol–water partition coefficient (Wildman–Crippen LogP) is 3.10.